The predicted octanol–water partition coefficient (Wildman–Crippen LogP) is 3.62. The number of nitriles is 1. The standard InChI is InChI=1S/C17H14ClN4O4.C2H6.Y/c1-25-16(24)26-10-22(17(9-19)4-5-17)15(23)13-6-11(2-3-14(13)18)12-7-20-21-8-12;1-2;/h2-3,6-8H,4-5,10H2,1H3;1-2H3;/q-1;;. The summed E-state index contributed by atoms with van der Waals surface area (Å²) >= 11 is 6.21. The number of hydrogen-bond acceptors (Lipinski definition) is 6. The normalized spacial score (nSPS) is 12.9. The van der Waals surface area contributed by atoms with Gasteiger partial charge in [-0.2, -0.15) is 11.5 Å². The third kappa shape index (κ3) is 5.78. The van der Waals surface area contributed by atoms with Crippen LogP contribution in [0.2, 0.25) is 5.02 Å². The smallest absolute Gasteiger partial charge is 0.509 e. The van der Waals surface area contributed by atoms with Crippen molar-refractivity contribution in [1.29, 1.82) is 5.26 Å². The van der Waals surface area contributed by atoms with Gasteiger partial charge in [-0.3, -0.25) is 9.69 Å². The molecule has 0 N–H and O–H groups in total. The number of carbonyl (C=O) groups is 2. The molecule has 1 fully saturated rings. The minimum absolute atomic E-state index is 0. The van der Waals surface area contributed by atoms with Gasteiger partial charge in [0.25, 0.3) is 5.91 Å². The molecule has 0 unspecified atom stereocenters. The second-order valence-electron chi connectivity index (χ2n) is 5.74. The summed E-state index contributed by atoms with van der Waals surface area (Å²) in [6, 6.07) is 7.04. The van der Waals surface area contributed by atoms with Crippen LogP contribution < -0.4 is 5.10 Å². The van der Waals surface area contributed by atoms with E-state index >= 15 is 0 Å². The van der Waals surface area contributed by atoms with E-state index in [1.165, 1.54) is 4.90 Å². The Labute approximate surface area is 199 Å². The molecule has 1 aliphatic rings. The number of nitrogens with zero attached hydrogens (tertiary/aromatic N) is 4. The molecule has 1 aromatic carbocycles. The largest absolute Gasteiger partial charge is 0.581 e. The van der Waals surface area contributed by atoms with E-state index in [-0.39, 0.29) is 43.3 Å². The van der Waals surface area contributed by atoms with Crippen molar-refractivity contribution in [1.82, 2.24) is 15.1 Å². The molecule has 0 saturated heterocycles. The van der Waals surface area contributed by atoms with Gasteiger partial charge < -0.3 is 19.7 Å². The second kappa shape index (κ2) is 11.3. The molecule has 1 aromatic heterocycles. The fraction of sp³-hybridized carbons (Fsp3) is 0.368. The van der Waals surface area contributed by atoms with Crippen LogP contribution >= 0.6 is 11.6 Å². The first-order valence-corrected chi connectivity index (χ1v) is 9.06. The average Bonchev–Trinajstić information content (AvgIpc) is 3.32. The Kier molecular flexibility index (Phi) is 9.77. The van der Waals surface area contributed by atoms with Gasteiger partial charge in [-0.1, -0.05) is 31.5 Å². The molecule has 10 heteroatoms. The SMILES string of the molecule is CC.COC(=O)OCN(C(=O)c1cc(-c2cn[n-]c2)ccc1Cl)C1(C#N)CC1.[Y]. The Morgan fingerprint density at radius 2 is 2.03 bits per heavy atom. The molecule has 1 amide bonds. The predicted molar refractivity (Wildman–Crippen MR) is 101 cm³/mol. The third-order valence-corrected chi connectivity index (χ3v) is 4.49. The molecule has 29 heavy (non-hydrogen) atoms. The molecule has 0 aliphatic heterocycles. The number of ether oxygens (including phenoxy) is 2. The van der Waals surface area contributed by atoms with Gasteiger partial charge >= 0.3 is 6.16 Å². The van der Waals surface area contributed by atoms with Gasteiger partial charge in [-0.25, -0.2) is 4.79 Å². The molecule has 1 aliphatic carbocycles. The number of amides is 1. The van der Waals surface area contributed by atoms with Gasteiger partial charge in [-0.05, 0) is 36.1 Å². The number of methoxy groups -OCH3 is 1. The van der Waals surface area contributed by atoms with Gasteiger partial charge in [-0.15, -0.1) is 0 Å². The summed E-state index contributed by atoms with van der Waals surface area (Å²) in [4.78, 5) is 25.5. The summed E-state index contributed by atoms with van der Waals surface area (Å²) in [5.74, 6) is -0.507. The topological polar surface area (TPSA) is 107 Å². The maximum Gasteiger partial charge on any atom is 0.509 e. The zero-order valence-corrected chi connectivity index (χ0v) is 20.0. The monoisotopic (exact) mass is 492 g/mol. The summed E-state index contributed by atoms with van der Waals surface area (Å²) in [5, 5.41) is 17.2. The van der Waals surface area contributed by atoms with Crippen LogP contribution in [-0.2, 0) is 42.2 Å². The molecule has 0 spiro atoms. The molecule has 0 bridgehead atoms. The molecule has 2 aromatic rings. The summed E-state index contributed by atoms with van der Waals surface area (Å²) in [6.07, 6.45) is 3.17. The summed E-state index contributed by atoms with van der Waals surface area (Å²) < 4.78 is 9.32. The second-order valence-corrected chi connectivity index (χ2v) is 6.15. The number of halogens is 1. The Bertz CT molecular complexity index is 879. The third-order valence-electron chi connectivity index (χ3n) is 4.16. The maximum absolute atomic E-state index is 13.1. The van der Waals surface area contributed by atoms with E-state index in [4.69, 9.17) is 16.3 Å². The minimum Gasteiger partial charge on any atom is -0.581 e. The van der Waals surface area contributed by atoms with E-state index in [0.29, 0.717) is 18.4 Å². The fourth-order valence-electron chi connectivity index (χ4n) is 2.50. The number of carbonyl (C=O) groups excluding carboxylic acids is 2. The number of aromatic nitrogens is 2. The van der Waals surface area contributed by atoms with Crippen molar-refractivity contribution in [3.05, 3.63) is 41.2 Å². The minimum atomic E-state index is -1.01. The average molecular weight is 493 g/mol. The van der Waals surface area contributed by atoms with Crippen molar-refractivity contribution >= 4 is 23.7 Å². The Morgan fingerprint density at radius 1 is 1.34 bits per heavy atom. The maximum atomic E-state index is 13.1. The van der Waals surface area contributed by atoms with E-state index in [1.807, 2.05) is 13.8 Å². The van der Waals surface area contributed by atoms with Gasteiger partial charge in [0.15, 0.2) is 6.73 Å². The number of benzene rings is 1. The zero-order valence-electron chi connectivity index (χ0n) is 16.4. The van der Waals surface area contributed by atoms with Crippen LogP contribution in [-0.4, -0.2) is 41.4 Å². The van der Waals surface area contributed by atoms with Gasteiger partial charge in [0.2, 0.25) is 0 Å². The molecule has 8 nitrogen and oxygen atoms in total. The van der Waals surface area contributed by atoms with E-state index < -0.39 is 24.3 Å². The van der Waals surface area contributed by atoms with Crippen molar-refractivity contribution in [2.75, 3.05) is 13.8 Å². The fourth-order valence-corrected chi connectivity index (χ4v) is 2.70. The van der Waals surface area contributed by atoms with Crippen molar-refractivity contribution in [2.24, 2.45) is 0 Å². The Balaban J connectivity index is 0.00000136. The number of rotatable bonds is 5. The van der Waals surface area contributed by atoms with Crippen LogP contribution in [0.5, 0.6) is 0 Å². The molecule has 3 rings (SSSR count). The van der Waals surface area contributed by atoms with Crippen LogP contribution in [0.1, 0.15) is 37.0 Å². The van der Waals surface area contributed by atoms with E-state index in [0.717, 1.165) is 12.7 Å². The van der Waals surface area contributed by atoms with Crippen molar-refractivity contribution in [3.63, 3.8) is 0 Å². The first-order chi connectivity index (χ1) is 13.5. The molecule has 0 atom stereocenters. The molecular formula is C19H20ClN4O4Y-. The van der Waals surface area contributed by atoms with E-state index in [1.54, 1.807) is 30.6 Å². The Morgan fingerprint density at radius 3 is 2.55 bits per heavy atom. The van der Waals surface area contributed by atoms with Gasteiger partial charge in [0, 0.05) is 38.9 Å². The molecule has 1 heterocycles. The molecule has 1 radical (unpaired) electrons. The quantitative estimate of drug-likeness (QED) is 0.463. The van der Waals surface area contributed by atoms with Crippen molar-refractivity contribution in [3.8, 4) is 17.2 Å². The molecule has 1 saturated carbocycles. The zero-order chi connectivity index (χ0) is 20.7. The number of hydrogen-bond donors (Lipinski definition) is 0. The van der Waals surface area contributed by atoms with E-state index in [9.17, 15) is 14.9 Å². The van der Waals surface area contributed by atoms with Crippen LogP contribution in [0.4, 0.5) is 4.79 Å². The van der Waals surface area contributed by atoms with Crippen molar-refractivity contribution in [2.45, 2.75) is 32.2 Å². The van der Waals surface area contributed by atoms with Crippen molar-refractivity contribution < 1.29 is 51.8 Å². The van der Waals surface area contributed by atoms with Crippen LogP contribution in [0.15, 0.2) is 30.6 Å². The van der Waals surface area contributed by atoms with Gasteiger partial charge in [0.05, 0.1) is 23.8 Å². The summed E-state index contributed by atoms with van der Waals surface area (Å²) in [7, 11) is 1.16. The van der Waals surface area contributed by atoms with Gasteiger partial charge in [0.1, 0.15) is 5.54 Å². The summed E-state index contributed by atoms with van der Waals surface area (Å²) in [6.45, 7) is 3.60. The Hall–Kier alpha value is -1.95. The van der Waals surface area contributed by atoms with Crippen LogP contribution in [0.25, 0.3) is 11.1 Å². The first-order valence-electron chi connectivity index (χ1n) is 8.68. The van der Waals surface area contributed by atoms with E-state index in [2.05, 4.69) is 21.0 Å². The summed E-state index contributed by atoms with van der Waals surface area (Å²) in [5.41, 5.74) is 0.627. The van der Waals surface area contributed by atoms with Crippen LogP contribution in [0.3, 0.4) is 0 Å². The molecule has 151 valence electrons. The van der Waals surface area contributed by atoms with Crippen LogP contribution in [0, 0.1) is 11.3 Å². The molecular weight excluding hydrogens is 473 g/mol. The first kappa shape index (κ1) is 25.1.